The van der Waals surface area contributed by atoms with E-state index < -0.39 is 35.5 Å². The lowest BCUT2D eigenvalue weighted by molar-refractivity contribution is -0.123. The third-order valence-corrected chi connectivity index (χ3v) is 4.64. The van der Waals surface area contributed by atoms with E-state index >= 15 is 0 Å². The lowest BCUT2D eigenvalue weighted by Gasteiger charge is -2.21. The van der Waals surface area contributed by atoms with Gasteiger partial charge in [0, 0.05) is 5.02 Å². The maximum atomic E-state index is 13.2. The van der Waals surface area contributed by atoms with Crippen LogP contribution in [0.3, 0.4) is 0 Å². The van der Waals surface area contributed by atoms with Crippen LogP contribution in [0.4, 0.5) is 14.5 Å². The fraction of sp³-hybridized carbons (Fsp3) is 0.176. The Morgan fingerprint density at radius 1 is 1.00 bits per heavy atom. The Hall–Kier alpha value is -2.87. The molecule has 2 aliphatic rings. The molecule has 26 heavy (non-hydrogen) atoms. The third-order valence-electron chi connectivity index (χ3n) is 4.29. The summed E-state index contributed by atoms with van der Waals surface area (Å²) in [5, 5.41) is 9.34. The zero-order valence-electron chi connectivity index (χ0n) is 13.1. The van der Waals surface area contributed by atoms with E-state index in [0.29, 0.717) is 5.56 Å². The molecular formula is C17H11ClF2N4O2. The number of nitrogens with zero attached hydrogens (tertiary/aromatic N) is 4. The van der Waals surface area contributed by atoms with E-state index in [9.17, 15) is 18.4 Å². The van der Waals surface area contributed by atoms with Gasteiger partial charge >= 0.3 is 0 Å². The highest BCUT2D eigenvalue weighted by molar-refractivity contribution is 6.31. The van der Waals surface area contributed by atoms with E-state index in [4.69, 9.17) is 11.6 Å². The van der Waals surface area contributed by atoms with Crippen molar-refractivity contribution in [1.82, 2.24) is 5.01 Å². The fourth-order valence-electron chi connectivity index (χ4n) is 3.02. The van der Waals surface area contributed by atoms with E-state index in [1.165, 1.54) is 41.4 Å². The largest absolute Gasteiger partial charge is 0.271 e. The smallest absolute Gasteiger partial charge is 0.263 e. The van der Waals surface area contributed by atoms with Gasteiger partial charge in [0.25, 0.3) is 11.8 Å². The first-order chi connectivity index (χ1) is 12.5. The molecule has 2 amide bonds. The van der Waals surface area contributed by atoms with Crippen LogP contribution in [-0.2, 0) is 16.1 Å². The summed E-state index contributed by atoms with van der Waals surface area (Å²) >= 11 is 6.02. The van der Waals surface area contributed by atoms with Gasteiger partial charge in [-0.25, -0.2) is 13.7 Å². The summed E-state index contributed by atoms with van der Waals surface area (Å²) in [6, 6.07) is 7.06. The molecule has 1 fully saturated rings. The topological polar surface area (TPSA) is 65.3 Å². The van der Waals surface area contributed by atoms with Crippen molar-refractivity contribution in [3.05, 3.63) is 64.7 Å². The minimum absolute atomic E-state index is 0.0973. The highest BCUT2D eigenvalue weighted by Crippen LogP contribution is 2.33. The molecule has 0 N–H and O–H groups in total. The molecule has 2 aromatic carbocycles. The molecule has 6 nitrogen and oxygen atoms in total. The Labute approximate surface area is 151 Å². The lowest BCUT2D eigenvalue weighted by Crippen LogP contribution is -2.39. The number of amides is 2. The number of halogens is 3. The Kier molecular flexibility index (Phi) is 3.91. The second-order valence-corrected chi connectivity index (χ2v) is 6.32. The summed E-state index contributed by atoms with van der Waals surface area (Å²) in [7, 11) is 0. The zero-order valence-corrected chi connectivity index (χ0v) is 13.9. The Bertz CT molecular complexity index is 935. The molecule has 2 atom stereocenters. The van der Waals surface area contributed by atoms with E-state index in [2.05, 4.69) is 10.3 Å². The maximum absolute atomic E-state index is 13.2. The SMILES string of the molecule is O=C1[C@H]2N=NN(Cc3ccc(F)cc3Cl)[C@H]2C(=O)N1c1ccc(F)cc1. The molecule has 0 saturated carbocycles. The number of carbonyl (C=O) groups is 2. The first kappa shape index (κ1) is 16.6. The molecule has 9 heteroatoms. The third kappa shape index (κ3) is 2.62. The zero-order chi connectivity index (χ0) is 18.4. The van der Waals surface area contributed by atoms with E-state index in [1.54, 1.807) is 0 Å². The van der Waals surface area contributed by atoms with Gasteiger partial charge in [0.1, 0.15) is 11.6 Å². The predicted octanol–water partition coefficient (Wildman–Crippen LogP) is 3.11. The summed E-state index contributed by atoms with van der Waals surface area (Å²) in [5.41, 5.74) is 0.818. The van der Waals surface area contributed by atoms with Crippen molar-refractivity contribution in [2.75, 3.05) is 4.90 Å². The van der Waals surface area contributed by atoms with Crippen LogP contribution in [0.2, 0.25) is 5.02 Å². The molecule has 2 aromatic rings. The van der Waals surface area contributed by atoms with Crippen molar-refractivity contribution in [2.45, 2.75) is 18.6 Å². The van der Waals surface area contributed by atoms with Crippen molar-refractivity contribution in [1.29, 1.82) is 0 Å². The number of anilines is 1. The van der Waals surface area contributed by atoms with Crippen LogP contribution in [0, 0.1) is 11.6 Å². The number of rotatable bonds is 3. The monoisotopic (exact) mass is 376 g/mol. The molecular weight excluding hydrogens is 366 g/mol. The number of hydrogen-bond donors (Lipinski definition) is 0. The molecule has 1 saturated heterocycles. The highest BCUT2D eigenvalue weighted by atomic mass is 35.5. The molecule has 0 bridgehead atoms. The number of fused-ring (bicyclic) bond motifs is 1. The molecule has 2 heterocycles. The van der Waals surface area contributed by atoms with E-state index in [-0.39, 0.29) is 17.3 Å². The van der Waals surface area contributed by atoms with Gasteiger partial charge in [-0.15, -0.1) is 0 Å². The van der Waals surface area contributed by atoms with Gasteiger partial charge in [-0.2, -0.15) is 5.11 Å². The Morgan fingerprint density at radius 2 is 1.69 bits per heavy atom. The van der Waals surface area contributed by atoms with Gasteiger partial charge in [-0.3, -0.25) is 14.6 Å². The van der Waals surface area contributed by atoms with Gasteiger partial charge in [0.2, 0.25) is 0 Å². The second-order valence-electron chi connectivity index (χ2n) is 5.92. The van der Waals surface area contributed by atoms with Gasteiger partial charge in [0.05, 0.1) is 12.2 Å². The van der Waals surface area contributed by atoms with Crippen LogP contribution in [-0.4, -0.2) is 28.9 Å². The van der Waals surface area contributed by atoms with Crippen molar-refractivity contribution < 1.29 is 18.4 Å². The first-order valence-corrected chi connectivity index (χ1v) is 8.08. The summed E-state index contributed by atoms with van der Waals surface area (Å²) in [6.45, 7) is 0.0973. The summed E-state index contributed by atoms with van der Waals surface area (Å²) in [5.74, 6) is -1.98. The lowest BCUT2D eigenvalue weighted by atomic mass is 10.1. The van der Waals surface area contributed by atoms with Crippen LogP contribution < -0.4 is 4.90 Å². The summed E-state index contributed by atoms with van der Waals surface area (Å²) in [6.07, 6.45) is 0. The molecule has 2 aliphatic heterocycles. The predicted molar refractivity (Wildman–Crippen MR) is 88.3 cm³/mol. The van der Waals surface area contributed by atoms with Crippen LogP contribution in [0.25, 0.3) is 0 Å². The van der Waals surface area contributed by atoms with Crippen molar-refractivity contribution >= 4 is 29.1 Å². The number of benzene rings is 2. The van der Waals surface area contributed by atoms with Crippen LogP contribution in [0.5, 0.6) is 0 Å². The van der Waals surface area contributed by atoms with Crippen molar-refractivity contribution in [3.63, 3.8) is 0 Å². The van der Waals surface area contributed by atoms with Crippen LogP contribution >= 0.6 is 11.6 Å². The van der Waals surface area contributed by atoms with Crippen molar-refractivity contribution in [2.24, 2.45) is 10.3 Å². The van der Waals surface area contributed by atoms with Crippen LogP contribution in [0.1, 0.15) is 5.56 Å². The molecule has 0 radical (unpaired) electrons. The van der Waals surface area contributed by atoms with E-state index in [1.807, 2.05) is 0 Å². The minimum atomic E-state index is -0.966. The maximum Gasteiger partial charge on any atom is 0.263 e. The summed E-state index contributed by atoms with van der Waals surface area (Å²) in [4.78, 5) is 26.3. The molecule has 0 unspecified atom stereocenters. The molecule has 0 spiro atoms. The number of hydrogen-bond acceptors (Lipinski definition) is 5. The molecule has 0 aromatic heterocycles. The van der Waals surface area contributed by atoms with Gasteiger partial charge in [-0.1, -0.05) is 22.9 Å². The van der Waals surface area contributed by atoms with Crippen LogP contribution in [0.15, 0.2) is 52.8 Å². The molecule has 4 rings (SSSR count). The quantitative estimate of drug-likeness (QED) is 0.773. The average molecular weight is 377 g/mol. The Balaban J connectivity index is 1.61. The Morgan fingerprint density at radius 3 is 2.38 bits per heavy atom. The minimum Gasteiger partial charge on any atom is -0.271 e. The summed E-state index contributed by atoms with van der Waals surface area (Å²) < 4.78 is 26.3. The average Bonchev–Trinajstić information content (AvgIpc) is 3.12. The fourth-order valence-corrected chi connectivity index (χ4v) is 3.25. The first-order valence-electron chi connectivity index (χ1n) is 7.70. The van der Waals surface area contributed by atoms with Gasteiger partial charge < -0.3 is 0 Å². The molecule has 0 aliphatic carbocycles. The number of carbonyl (C=O) groups excluding carboxylic acids is 2. The van der Waals surface area contributed by atoms with Crippen molar-refractivity contribution in [3.8, 4) is 0 Å². The second kappa shape index (κ2) is 6.14. The number of imide groups is 1. The van der Waals surface area contributed by atoms with Gasteiger partial charge in [-0.05, 0) is 42.0 Å². The standard InChI is InChI=1S/C17H11ClF2N4O2/c18-13-7-11(20)2-1-9(13)8-23-15-14(21-22-23)16(25)24(17(15)26)12-5-3-10(19)4-6-12/h1-7,14-15H,8H2/t14-,15+/m0/s1. The highest BCUT2D eigenvalue weighted by Gasteiger charge is 2.54. The normalized spacial score (nSPS) is 21.7. The molecule has 132 valence electrons. The van der Waals surface area contributed by atoms with Gasteiger partial charge in [0.15, 0.2) is 12.1 Å². The van der Waals surface area contributed by atoms with E-state index in [0.717, 1.165) is 11.0 Å².